The summed E-state index contributed by atoms with van der Waals surface area (Å²) in [4.78, 5) is 2.43. The van der Waals surface area contributed by atoms with Crippen LogP contribution in [0.3, 0.4) is 0 Å². The van der Waals surface area contributed by atoms with E-state index >= 15 is 0 Å². The second kappa shape index (κ2) is 16.8. The first kappa shape index (κ1) is 38.9. The van der Waals surface area contributed by atoms with Crippen molar-refractivity contribution in [3.05, 3.63) is 267 Å². The smallest absolute Gasteiger partial charge is 0.0553 e. The summed E-state index contributed by atoms with van der Waals surface area (Å²) in [6.45, 7) is 0. The standard InChI is InChI=1S/C64H44N2/c1-5-18-45(19-6-1)48-32-34-49(35-33-48)50-36-38-56(39-37-50)65(58-42-53(46-20-7-2-8-21-46)40-54(43-58)47-22-9-3-10-23-47)57-28-17-25-52(41-57)63-59-29-14-13-24-51(59)44-62-64(63)60-30-15-16-31-61(60)66(62)55-26-11-4-12-27-55/h1-44H. The van der Waals surface area contributed by atoms with Crippen LogP contribution < -0.4 is 4.90 Å². The molecule has 1 aromatic heterocycles. The van der Waals surface area contributed by atoms with Crippen molar-refractivity contribution in [3.63, 3.8) is 0 Å². The van der Waals surface area contributed by atoms with Crippen LogP contribution in [0.1, 0.15) is 0 Å². The van der Waals surface area contributed by atoms with Crippen molar-refractivity contribution >= 4 is 49.6 Å². The summed E-state index contributed by atoms with van der Waals surface area (Å²) in [5, 5.41) is 4.91. The molecular formula is C64H44N2. The molecule has 0 saturated carbocycles. The van der Waals surface area contributed by atoms with E-state index in [-0.39, 0.29) is 0 Å². The molecule has 66 heavy (non-hydrogen) atoms. The van der Waals surface area contributed by atoms with Gasteiger partial charge in [0.05, 0.1) is 11.0 Å². The van der Waals surface area contributed by atoms with Crippen molar-refractivity contribution in [1.29, 1.82) is 0 Å². The number of rotatable bonds is 9. The Labute approximate surface area is 385 Å². The van der Waals surface area contributed by atoms with Gasteiger partial charge in [-0.15, -0.1) is 0 Å². The molecule has 0 unspecified atom stereocenters. The van der Waals surface area contributed by atoms with Crippen LogP contribution in [0, 0.1) is 0 Å². The Balaban J connectivity index is 1.07. The van der Waals surface area contributed by atoms with Gasteiger partial charge in [-0.3, -0.25) is 0 Å². The second-order valence-corrected chi connectivity index (χ2v) is 16.9. The largest absolute Gasteiger partial charge is 0.310 e. The zero-order valence-corrected chi connectivity index (χ0v) is 36.3. The van der Waals surface area contributed by atoms with Gasteiger partial charge in [-0.25, -0.2) is 0 Å². The van der Waals surface area contributed by atoms with Gasteiger partial charge in [0, 0.05) is 33.5 Å². The zero-order chi connectivity index (χ0) is 43.8. The lowest BCUT2D eigenvalue weighted by atomic mass is 9.92. The van der Waals surface area contributed by atoms with E-state index in [0.29, 0.717) is 0 Å². The van der Waals surface area contributed by atoms with Gasteiger partial charge in [-0.2, -0.15) is 0 Å². The summed E-state index contributed by atoms with van der Waals surface area (Å²) in [5.74, 6) is 0. The maximum atomic E-state index is 2.43. The minimum atomic E-state index is 1.07. The van der Waals surface area contributed by atoms with Crippen LogP contribution in [0.2, 0.25) is 0 Å². The van der Waals surface area contributed by atoms with Gasteiger partial charge in [-0.05, 0) is 133 Å². The molecular weight excluding hydrogens is 797 g/mol. The third-order valence-electron chi connectivity index (χ3n) is 12.9. The molecule has 0 amide bonds. The number of aromatic nitrogens is 1. The molecule has 0 spiro atoms. The molecule has 0 aliphatic heterocycles. The lowest BCUT2D eigenvalue weighted by Gasteiger charge is -2.28. The molecule has 0 saturated heterocycles. The van der Waals surface area contributed by atoms with E-state index in [1.165, 1.54) is 71.5 Å². The van der Waals surface area contributed by atoms with Crippen molar-refractivity contribution in [2.45, 2.75) is 0 Å². The lowest BCUT2D eigenvalue weighted by molar-refractivity contribution is 1.18. The Kier molecular flexibility index (Phi) is 9.89. The molecule has 2 nitrogen and oxygen atoms in total. The maximum absolute atomic E-state index is 2.43. The summed E-state index contributed by atoms with van der Waals surface area (Å²) in [6, 6.07) is 97.0. The van der Waals surface area contributed by atoms with Crippen LogP contribution in [0.25, 0.3) is 93.9 Å². The molecule has 11 aromatic carbocycles. The van der Waals surface area contributed by atoms with Gasteiger partial charge in [0.1, 0.15) is 0 Å². The van der Waals surface area contributed by atoms with Crippen LogP contribution in [-0.2, 0) is 0 Å². The maximum Gasteiger partial charge on any atom is 0.0553 e. The van der Waals surface area contributed by atoms with E-state index in [2.05, 4.69) is 276 Å². The fraction of sp³-hybridized carbons (Fsp3) is 0. The molecule has 0 aliphatic rings. The van der Waals surface area contributed by atoms with Crippen LogP contribution >= 0.6 is 0 Å². The number of nitrogens with zero attached hydrogens (tertiary/aromatic N) is 2. The minimum absolute atomic E-state index is 1.07. The highest BCUT2D eigenvalue weighted by Crippen LogP contribution is 2.46. The highest BCUT2D eigenvalue weighted by molar-refractivity contribution is 6.23. The first-order chi connectivity index (χ1) is 32.7. The van der Waals surface area contributed by atoms with Gasteiger partial charge < -0.3 is 9.47 Å². The average molecular weight is 841 g/mol. The van der Waals surface area contributed by atoms with E-state index in [0.717, 1.165) is 39.4 Å². The average Bonchev–Trinajstić information content (AvgIpc) is 3.73. The van der Waals surface area contributed by atoms with E-state index < -0.39 is 0 Å². The van der Waals surface area contributed by atoms with E-state index in [1.807, 2.05) is 0 Å². The predicted octanol–water partition coefficient (Wildman–Crippen LogP) is 17.7. The number of hydrogen-bond donors (Lipinski definition) is 0. The Morgan fingerprint density at radius 1 is 0.258 bits per heavy atom. The van der Waals surface area contributed by atoms with Crippen molar-refractivity contribution < 1.29 is 0 Å². The highest BCUT2D eigenvalue weighted by atomic mass is 15.1. The molecule has 12 rings (SSSR count). The minimum Gasteiger partial charge on any atom is -0.310 e. The Bertz CT molecular complexity index is 3590. The molecule has 0 fully saturated rings. The lowest BCUT2D eigenvalue weighted by Crippen LogP contribution is -2.10. The first-order valence-electron chi connectivity index (χ1n) is 22.7. The third kappa shape index (κ3) is 7.12. The Hall–Kier alpha value is -8.72. The molecule has 1 heterocycles. The van der Waals surface area contributed by atoms with E-state index in [4.69, 9.17) is 0 Å². The van der Waals surface area contributed by atoms with Crippen LogP contribution in [-0.4, -0.2) is 4.57 Å². The highest BCUT2D eigenvalue weighted by Gasteiger charge is 2.22. The van der Waals surface area contributed by atoms with Crippen molar-refractivity contribution in [3.8, 4) is 61.3 Å². The van der Waals surface area contributed by atoms with Gasteiger partial charge >= 0.3 is 0 Å². The fourth-order valence-electron chi connectivity index (χ4n) is 9.82. The number of fused-ring (bicyclic) bond motifs is 4. The van der Waals surface area contributed by atoms with Crippen molar-refractivity contribution in [2.24, 2.45) is 0 Å². The SMILES string of the molecule is c1ccc(-c2ccc(-c3ccc(N(c4cc(-c5ccccc5)cc(-c5ccccc5)c4)c4cccc(-c5c6ccccc6cc6c5c5ccccc5n6-c5ccccc5)c4)cc3)cc2)cc1. The van der Waals surface area contributed by atoms with E-state index in [1.54, 1.807) is 0 Å². The quantitative estimate of drug-likeness (QED) is 0.141. The molecule has 0 bridgehead atoms. The van der Waals surface area contributed by atoms with Gasteiger partial charge in [0.2, 0.25) is 0 Å². The van der Waals surface area contributed by atoms with E-state index in [9.17, 15) is 0 Å². The van der Waals surface area contributed by atoms with Crippen LogP contribution in [0.15, 0.2) is 267 Å². The molecule has 0 radical (unpaired) electrons. The number of para-hydroxylation sites is 2. The van der Waals surface area contributed by atoms with Crippen molar-refractivity contribution in [2.75, 3.05) is 4.90 Å². The monoisotopic (exact) mass is 840 g/mol. The summed E-state index contributed by atoms with van der Waals surface area (Å²) in [6.07, 6.45) is 0. The molecule has 0 aliphatic carbocycles. The third-order valence-corrected chi connectivity index (χ3v) is 12.9. The number of benzene rings is 11. The normalized spacial score (nSPS) is 11.3. The van der Waals surface area contributed by atoms with Crippen molar-refractivity contribution in [1.82, 2.24) is 4.57 Å². The molecule has 12 aromatic rings. The zero-order valence-electron chi connectivity index (χ0n) is 36.3. The molecule has 310 valence electrons. The number of anilines is 3. The molecule has 2 heteroatoms. The van der Waals surface area contributed by atoms with Gasteiger partial charge in [0.25, 0.3) is 0 Å². The van der Waals surface area contributed by atoms with Crippen LogP contribution in [0.5, 0.6) is 0 Å². The summed E-state index contributed by atoms with van der Waals surface area (Å²) in [7, 11) is 0. The van der Waals surface area contributed by atoms with Gasteiger partial charge in [0.15, 0.2) is 0 Å². The Morgan fingerprint density at radius 3 is 1.32 bits per heavy atom. The summed E-state index contributed by atoms with van der Waals surface area (Å²) < 4.78 is 2.42. The summed E-state index contributed by atoms with van der Waals surface area (Å²) >= 11 is 0. The predicted molar refractivity (Wildman–Crippen MR) is 280 cm³/mol. The molecule has 0 atom stereocenters. The number of hydrogen-bond acceptors (Lipinski definition) is 1. The Morgan fingerprint density at radius 2 is 0.712 bits per heavy atom. The first-order valence-corrected chi connectivity index (χ1v) is 22.7. The molecule has 0 N–H and O–H groups in total. The topological polar surface area (TPSA) is 8.17 Å². The van der Waals surface area contributed by atoms with Gasteiger partial charge in [-0.1, -0.05) is 200 Å². The summed E-state index contributed by atoms with van der Waals surface area (Å²) in [5.41, 5.74) is 18.6. The fourth-order valence-corrected chi connectivity index (χ4v) is 9.82. The second-order valence-electron chi connectivity index (χ2n) is 16.9. The van der Waals surface area contributed by atoms with Crippen LogP contribution in [0.4, 0.5) is 17.1 Å².